The standard InChI is InChI=1S/C12H16F2N3O14P3/c13-3-1-2-12(15)8(18)7(29-10(12)17-4-6(14)9(19)16-11(17)20)5-28-33(24,25)31-34(26,27)30-32(21,22)23/h4,7-8,10,18H,3,5,15H2,(H,24,25)(H,26,27)(H,16,19,20)(H2,21,22,23)/t7-,8+,10-,12?/m1/s1. The molecule has 2 rings (SSSR count). The molecule has 0 aliphatic carbocycles. The van der Waals surface area contributed by atoms with Crippen LogP contribution < -0.4 is 17.0 Å². The Morgan fingerprint density at radius 2 is 1.82 bits per heavy atom. The summed E-state index contributed by atoms with van der Waals surface area (Å²) in [5.41, 5.74) is 0.813. The van der Waals surface area contributed by atoms with Crippen molar-refractivity contribution in [2.75, 3.05) is 13.3 Å². The molecule has 0 spiro atoms. The van der Waals surface area contributed by atoms with Crippen molar-refractivity contribution in [2.45, 2.75) is 24.0 Å². The molecule has 1 aromatic rings. The normalized spacial score (nSPS) is 28.5. The molecule has 1 saturated heterocycles. The molecule has 0 bridgehead atoms. The monoisotopic (exact) mass is 557 g/mol. The Hall–Kier alpha value is -1.61. The Morgan fingerprint density at radius 1 is 1.21 bits per heavy atom. The number of ether oxygens (including phenoxy) is 1. The van der Waals surface area contributed by atoms with E-state index in [2.05, 4.69) is 19.1 Å². The predicted molar refractivity (Wildman–Crippen MR) is 102 cm³/mol. The van der Waals surface area contributed by atoms with Gasteiger partial charge in [0.2, 0.25) is 5.82 Å². The number of rotatable bonds is 8. The quantitative estimate of drug-likeness (QED) is 0.134. The summed E-state index contributed by atoms with van der Waals surface area (Å²) in [6.45, 7) is -2.52. The number of nitrogens with zero attached hydrogens (tertiary/aromatic N) is 1. The summed E-state index contributed by atoms with van der Waals surface area (Å²) in [7, 11) is -17.1. The average Bonchev–Trinajstić information content (AvgIpc) is 2.90. The van der Waals surface area contributed by atoms with Gasteiger partial charge in [0.15, 0.2) is 11.8 Å². The highest BCUT2D eigenvalue weighted by atomic mass is 31.3. The van der Waals surface area contributed by atoms with Crippen LogP contribution in [0, 0.1) is 17.7 Å². The van der Waals surface area contributed by atoms with Crippen LogP contribution in [-0.4, -0.2) is 65.3 Å². The minimum absolute atomic E-state index is 0.335. The maximum Gasteiger partial charge on any atom is 0.490 e. The molecule has 17 nitrogen and oxygen atoms in total. The van der Waals surface area contributed by atoms with Gasteiger partial charge >= 0.3 is 29.2 Å². The second kappa shape index (κ2) is 10.2. The number of H-pyrrole nitrogens is 1. The van der Waals surface area contributed by atoms with Crippen molar-refractivity contribution in [2.24, 2.45) is 5.73 Å². The van der Waals surface area contributed by atoms with E-state index in [1.165, 1.54) is 0 Å². The van der Waals surface area contributed by atoms with Gasteiger partial charge < -0.3 is 35.2 Å². The Bertz CT molecular complexity index is 1250. The zero-order chi connectivity index (χ0) is 26.1. The number of aliphatic hydroxyl groups excluding tert-OH is 1. The molecule has 8 N–H and O–H groups in total. The molecule has 2 heterocycles. The Labute approximate surface area is 186 Å². The lowest BCUT2D eigenvalue weighted by molar-refractivity contribution is -0.0471. The lowest BCUT2D eigenvalue weighted by atomic mass is 9.91. The van der Waals surface area contributed by atoms with E-state index in [4.69, 9.17) is 25.2 Å². The number of phosphoric ester groups is 1. The van der Waals surface area contributed by atoms with E-state index < -0.39 is 77.8 Å². The van der Waals surface area contributed by atoms with E-state index in [1.807, 2.05) is 5.92 Å². The molecule has 0 saturated carbocycles. The molecule has 0 radical (unpaired) electrons. The number of nitrogens with two attached hydrogens (primary N) is 1. The second-order valence-corrected chi connectivity index (χ2v) is 10.8. The number of hydrogen-bond acceptors (Lipinski definition) is 11. The first-order chi connectivity index (χ1) is 15.4. The van der Waals surface area contributed by atoms with Gasteiger partial charge in [0.25, 0.3) is 5.56 Å². The van der Waals surface area contributed by atoms with Gasteiger partial charge in [-0.25, -0.2) is 22.9 Å². The second-order valence-electron chi connectivity index (χ2n) is 6.37. The van der Waals surface area contributed by atoms with E-state index in [-0.39, 0.29) is 0 Å². The molecular weight excluding hydrogens is 541 g/mol. The van der Waals surface area contributed by atoms with Gasteiger partial charge in [0.1, 0.15) is 18.9 Å². The van der Waals surface area contributed by atoms with E-state index >= 15 is 0 Å². The molecule has 3 unspecified atom stereocenters. The third kappa shape index (κ3) is 6.97. The lowest BCUT2D eigenvalue weighted by Gasteiger charge is -2.27. The molecular formula is C12H16F2N3O14P3. The zero-order valence-electron chi connectivity index (χ0n) is 16.3. The smallest absolute Gasteiger partial charge is 0.387 e. The van der Waals surface area contributed by atoms with Crippen molar-refractivity contribution in [1.29, 1.82) is 0 Å². The summed E-state index contributed by atoms with van der Waals surface area (Å²) in [6, 6.07) is 0. The summed E-state index contributed by atoms with van der Waals surface area (Å²) in [6.07, 6.45) is -5.49. The summed E-state index contributed by atoms with van der Waals surface area (Å²) >= 11 is 0. The van der Waals surface area contributed by atoms with Crippen LogP contribution >= 0.6 is 23.5 Å². The number of phosphoric acid groups is 3. The van der Waals surface area contributed by atoms with E-state index in [0.29, 0.717) is 10.8 Å². The minimum Gasteiger partial charge on any atom is -0.387 e. The van der Waals surface area contributed by atoms with E-state index in [9.17, 15) is 42.1 Å². The van der Waals surface area contributed by atoms with Crippen LogP contribution in [0.1, 0.15) is 6.23 Å². The molecule has 22 heteroatoms. The van der Waals surface area contributed by atoms with Gasteiger partial charge in [-0.15, -0.1) is 0 Å². The number of aromatic nitrogens is 2. The van der Waals surface area contributed by atoms with Crippen molar-refractivity contribution >= 4 is 23.5 Å². The first-order valence-electron chi connectivity index (χ1n) is 8.38. The number of alkyl halides is 1. The van der Waals surface area contributed by atoms with Gasteiger partial charge in [-0.2, -0.15) is 13.0 Å². The zero-order valence-corrected chi connectivity index (χ0v) is 18.9. The number of aromatic amines is 1. The van der Waals surface area contributed by atoms with E-state index in [1.54, 1.807) is 4.98 Å². The third-order valence-electron chi connectivity index (χ3n) is 3.92. The highest BCUT2D eigenvalue weighted by molar-refractivity contribution is 7.66. The van der Waals surface area contributed by atoms with Crippen molar-refractivity contribution in [3.05, 3.63) is 32.9 Å². The molecule has 1 aliphatic rings. The van der Waals surface area contributed by atoms with Gasteiger partial charge in [-0.05, 0) is 0 Å². The fraction of sp³-hybridized carbons (Fsp3) is 0.500. The van der Waals surface area contributed by atoms with E-state index in [0.717, 1.165) is 0 Å². The number of aliphatic hydroxyl groups is 1. The van der Waals surface area contributed by atoms with Crippen LogP contribution in [0.2, 0.25) is 0 Å². The Kier molecular flexibility index (Phi) is 8.56. The van der Waals surface area contributed by atoms with Crippen molar-refractivity contribution in [3.8, 4) is 11.8 Å². The van der Waals surface area contributed by atoms with Crippen LogP contribution in [0.4, 0.5) is 8.78 Å². The van der Waals surface area contributed by atoms with Crippen molar-refractivity contribution in [1.82, 2.24) is 9.55 Å². The lowest BCUT2D eigenvalue weighted by Crippen LogP contribution is -2.55. The number of nitrogens with one attached hydrogen (secondary N) is 1. The maximum atomic E-state index is 13.7. The summed E-state index contributed by atoms with van der Waals surface area (Å²) < 4.78 is 77.1. The topological polar surface area (TPSA) is 270 Å². The average molecular weight is 557 g/mol. The fourth-order valence-corrected chi connectivity index (χ4v) is 5.69. The summed E-state index contributed by atoms with van der Waals surface area (Å²) in [5.74, 6) is 2.42. The summed E-state index contributed by atoms with van der Waals surface area (Å²) in [4.78, 5) is 60.5. The first kappa shape index (κ1) is 28.6. The largest absolute Gasteiger partial charge is 0.490 e. The Morgan fingerprint density at radius 3 is 2.38 bits per heavy atom. The van der Waals surface area contributed by atoms with Crippen molar-refractivity contribution < 1.29 is 65.0 Å². The molecule has 34 heavy (non-hydrogen) atoms. The summed E-state index contributed by atoms with van der Waals surface area (Å²) in [5, 5.41) is 10.5. The minimum atomic E-state index is -5.84. The van der Waals surface area contributed by atoms with Gasteiger partial charge in [-0.3, -0.25) is 18.9 Å². The van der Waals surface area contributed by atoms with Crippen molar-refractivity contribution in [3.63, 3.8) is 0 Å². The maximum absolute atomic E-state index is 13.7. The van der Waals surface area contributed by atoms with Gasteiger partial charge in [0, 0.05) is 0 Å². The highest BCUT2D eigenvalue weighted by Crippen LogP contribution is 2.66. The molecule has 1 aromatic heterocycles. The van der Waals surface area contributed by atoms with Gasteiger partial charge in [0.05, 0.1) is 12.8 Å². The third-order valence-corrected chi connectivity index (χ3v) is 7.72. The number of hydrogen-bond donors (Lipinski definition) is 7. The molecule has 1 aliphatic heterocycles. The first-order valence-corrected chi connectivity index (χ1v) is 12.9. The Balaban J connectivity index is 2.31. The van der Waals surface area contributed by atoms with Crippen LogP contribution in [0.3, 0.4) is 0 Å². The highest BCUT2D eigenvalue weighted by Gasteiger charge is 2.55. The van der Waals surface area contributed by atoms with Crippen LogP contribution in [-0.2, 0) is 31.6 Å². The molecule has 192 valence electrons. The predicted octanol–water partition coefficient (Wildman–Crippen LogP) is -2.05. The molecule has 0 aromatic carbocycles. The molecule has 1 fully saturated rings. The molecule has 0 amide bonds. The van der Waals surface area contributed by atoms with Crippen LogP contribution in [0.15, 0.2) is 15.8 Å². The van der Waals surface area contributed by atoms with Crippen LogP contribution in [0.25, 0.3) is 0 Å². The SMILES string of the molecule is NC1(C#CCF)[C@@H](O)[C@@H](COP(=O)(O)OP(=O)(O)OP(=O)(O)O)O[C@H]1n1cc(F)c(=O)[nH]c1=O. The van der Waals surface area contributed by atoms with Crippen LogP contribution in [0.5, 0.6) is 0 Å². The fourth-order valence-electron chi connectivity index (χ4n) is 2.66. The number of halogens is 2. The van der Waals surface area contributed by atoms with Gasteiger partial charge in [-0.1, -0.05) is 11.8 Å². The molecule has 6 atom stereocenters.